The van der Waals surface area contributed by atoms with Gasteiger partial charge in [-0.15, -0.1) is 0 Å². The fourth-order valence-corrected chi connectivity index (χ4v) is 8.37. The van der Waals surface area contributed by atoms with E-state index in [1.54, 1.807) is 0 Å². The summed E-state index contributed by atoms with van der Waals surface area (Å²) in [4.78, 5) is 0. The van der Waals surface area contributed by atoms with Crippen LogP contribution in [0.3, 0.4) is 0 Å². The maximum Gasteiger partial charge on any atom is 0.0538 e. The molecule has 2 aliphatic rings. The first-order chi connectivity index (χ1) is 24.5. The van der Waals surface area contributed by atoms with E-state index < -0.39 is 0 Å². The monoisotopic (exact) mass is 651 g/mol. The van der Waals surface area contributed by atoms with Gasteiger partial charge in [-0.1, -0.05) is 130 Å². The summed E-state index contributed by atoms with van der Waals surface area (Å²) in [5.74, 6) is 0.611. The Morgan fingerprint density at radius 3 is 2.34 bits per heavy atom. The SMILES string of the molecule is CCCCCCc1ccc(-c2ccc3c(c2)c2c(n3-c3ccc4c(c3)-c3ccccc3/C(=C(\C)c3ccc(C)cc3)C4)C=CCC(C)C2)cc1. The van der Waals surface area contributed by atoms with Crippen molar-refractivity contribution < 1.29 is 0 Å². The summed E-state index contributed by atoms with van der Waals surface area (Å²) < 4.78 is 2.54. The largest absolute Gasteiger partial charge is 0.310 e. The number of benzene rings is 5. The minimum Gasteiger partial charge on any atom is -0.310 e. The fraction of sp³-hybridized carbons (Fsp3) is 0.265. The molecule has 0 N–H and O–H groups in total. The number of hydrogen-bond acceptors (Lipinski definition) is 0. The lowest BCUT2D eigenvalue weighted by atomic mass is 9.79. The first-order valence-electron chi connectivity index (χ1n) is 18.9. The normalized spacial score (nSPS) is 16.1. The van der Waals surface area contributed by atoms with E-state index in [4.69, 9.17) is 0 Å². The lowest BCUT2D eigenvalue weighted by Crippen LogP contribution is -2.07. The maximum atomic E-state index is 2.54. The Kier molecular flexibility index (Phi) is 8.92. The highest BCUT2D eigenvalue weighted by atomic mass is 15.0. The molecule has 0 fully saturated rings. The smallest absolute Gasteiger partial charge is 0.0538 e. The summed E-state index contributed by atoms with van der Waals surface area (Å²) in [6.07, 6.45) is 14.3. The zero-order valence-electron chi connectivity index (χ0n) is 30.2. The van der Waals surface area contributed by atoms with Gasteiger partial charge in [0.1, 0.15) is 0 Å². The number of unbranched alkanes of at least 4 members (excludes halogenated alkanes) is 3. The van der Waals surface area contributed by atoms with E-state index in [1.165, 1.54) is 121 Å². The van der Waals surface area contributed by atoms with Crippen LogP contribution in [0.25, 0.3) is 56.1 Å². The van der Waals surface area contributed by atoms with E-state index in [0.717, 1.165) is 19.3 Å². The van der Waals surface area contributed by atoms with Crippen LogP contribution in [0.15, 0.2) is 115 Å². The Hall–Kier alpha value is -4.88. The second-order valence-corrected chi connectivity index (χ2v) is 14.9. The highest BCUT2D eigenvalue weighted by Crippen LogP contribution is 2.44. The van der Waals surface area contributed by atoms with Crippen LogP contribution in [0.2, 0.25) is 0 Å². The van der Waals surface area contributed by atoms with Gasteiger partial charge in [0, 0.05) is 16.8 Å². The van der Waals surface area contributed by atoms with Crippen molar-refractivity contribution in [3.8, 4) is 27.9 Å². The Morgan fingerprint density at radius 2 is 1.54 bits per heavy atom. The van der Waals surface area contributed by atoms with Crippen LogP contribution < -0.4 is 0 Å². The highest BCUT2D eigenvalue weighted by Gasteiger charge is 2.25. The molecule has 1 heteroatoms. The molecule has 1 unspecified atom stereocenters. The molecule has 0 saturated carbocycles. The van der Waals surface area contributed by atoms with E-state index in [0.29, 0.717) is 5.92 Å². The lowest BCUT2D eigenvalue weighted by molar-refractivity contribution is 0.596. The van der Waals surface area contributed by atoms with E-state index in [1.807, 2.05) is 0 Å². The van der Waals surface area contributed by atoms with Gasteiger partial charge in [0.2, 0.25) is 0 Å². The van der Waals surface area contributed by atoms with Crippen molar-refractivity contribution in [2.45, 2.75) is 79.1 Å². The Bertz CT molecular complexity index is 2240. The molecule has 2 aliphatic carbocycles. The molecule has 0 radical (unpaired) electrons. The third-order valence-corrected chi connectivity index (χ3v) is 11.3. The summed E-state index contributed by atoms with van der Waals surface area (Å²) >= 11 is 0. The second-order valence-electron chi connectivity index (χ2n) is 14.9. The topological polar surface area (TPSA) is 4.93 Å². The molecule has 6 aromatic rings. The molecular weight excluding hydrogens is 603 g/mol. The molecule has 0 amide bonds. The molecule has 5 aromatic carbocycles. The summed E-state index contributed by atoms with van der Waals surface area (Å²) in [6.45, 7) is 9.13. The van der Waals surface area contributed by atoms with Crippen LogP contribution in [0.1, 0.15) is 91.9 Å². The zero-order valence-corrected chi connectivity index (χ0v) is 30.2. The van der Waals surface area contributed by atoms with Gasteiger partial charge in [-0.3, -0.25) is 0 Å². The van der Waals surface area contributed by atoms with Crippen molar-refractivity contribution in [1.82, 2.24) is 4.57 Å². The molecule has 0 spiro atoms. The first kappa shape index (κ1) is 32.3. The molecule has 1 atom stereocenters. The summed E-state index contributed by atoms with van der Waals surface area (Å²) in [5.41, 5.74) is 20.3. The van der Waals surface area contributed by atoms with E-state index in [2.05, 4.69) is 154 Å². The maximum absolute atomic E-state index is 2.54. The second kappa shape index (κ2) is 13.8. The van der Waals surface area contributed by atoms with Crippen molar-refractivity contribution in [3.05, 3.63) is 154 Å². The molecule has 50 heavy (non-hydrogen) atoms. The predicted octanol–water partition coefficient (Wildman–Crippen LogP) is 13.5. The van der Waals surface area contributed by atoms with Crippen molar-refractivity contribution in [2.24, 2.45) is 5.92 Å². The Balaban J connectivity index is 1.21. The van der Waals surface area contributed by atoms with Gasteiger partial charge in [-0.25, -0.2) is 0 Å². The third-order valence-electron chi connectivity index (χ3n) is 11.3. The predicted molar refractivity (Wildman–Crippen MR) is 216 cm³/mol. The molecule has 0 bridgehead atoms. The zero-order chi connectivity index (χ0) is 34.2. The molecule has 1 heterocycles. The fourth-order valence-electron chi connectivity index (χ4n) is 8.37. The molecule has 1 aromatic heterocycles. The van der Waals surface area contributed by atoms with Crippen LogP contribution in [-0.2, 0) is 19.3 Å². The average Bonchev–Trinajstić information content (AvgIpc) is 3.30. The Morgan fingerprint density at radius 1 is 0.760 bits per heavy atom. The number of fused-ring (bicyclic) bond motifs is 6. The molecule has 1 nitrogen and oxygen atoms in total. The number of allylic oxidation sites excluding steroid dienone is 3. The van der Waals surface area contributed by atoms with Gasteiger partial charge < -0.3 is 4.57 Å². The molecule has 0 saturated heterocycles. The first-order valence-corrected chi connectivity index (χ1v) is 18.9. The van der Waals surface area contributed by atoms with Crippen LogP contribution >= 0.6 is 0 Å². The van der Waals surface area contributed by atoms with Crippen molar-refractivity contribution in [2.75, 3.05) is 0 Å². The van der Waals surface area contributed by atoms with Gasteiger partial charge in [0.15, 0.2) is 0 Å². The summed E-state index contributed by atoms with van der Waals surface area (Å²) in [7, 11) is 0. The summed E-state index contributed by atoms with van der Waals surface area (Å²) in [6, 6.07) is 41.7. The number of aryl methyl sites for hydroxylation is 2. The Labute approximate surface area is 299 Å². The van der Waals surface area contributed by atoms with Crippen molar-refractivity contribution in [3.63, 3.8) is 0 Å². The molecule has 250 valence electrons. The van der Waals surface area contributed by atoms with Gasteiger partial charge in [-0.2, -0.15) is 0 Å². The number of aromatic nitrogens is 1. The quantitative estimate of drug-likeness (QED) is 0.144. The number of nitrogens with zero attached hydrogens (tertiary/aromatic N) is 1. The van der Waals surface area contributed by atoms with Crippen LogP contribution in [0.5, 0.6) is 0 Å². The van der Waals surface area contributed by atoms with Crippen LogP contribution in [0.4, 0.5) is 0 Å². The van der Waals surface area contributed by atoms with Gasteiger partial charge >= 0.3 is 0 Å². The van der Waals surface area contributed by atoms with E-state index in [9.17, 15) is 0 Å². The van der Waals surface area contributed by atoms with Gasteiger partial charge in [-0.05, 0) is 143 Å². The van der Waals surface area contributed by atoms with E-state index in [-0.39, 0.29) is 0 Å². The molecule has 8 rings (SSSR count). The van der Waals surface area contributed by atoms with Crippen molar-refractivity contribution in [1.29, 1.82) is 0 Å². The average molecular weight is 652 g/mol. The molecular formula is C49H49N. The van der Waals surface area contributed by atoms with Crippen LogP contribution in [-0.4, -0.2) is 4.57 Å². The van der Waals surface area contributed by atoms with Gasteiger partial charge in [0.25, 0.3) is 0 Å². The van der Waals surface area contributed by atoms with Gasteiger partial charge in [0.05, 0.1) is 5.52 Å². The number of rotatable bonds is 8. The van der Waals surface area contributed by atoms with E-state index >= 15 is 0 Å². The minimum absolute atomic E-state index is 0.611. The van der Waals surface area contributed by atoms with Crippen LogP contribution in [0, 0.1) is 12.8 Å². The van der Waals surface area contributed by atoms with Crippen molar-refractivity contribution >= 4 is 28.1 Å². The lowest BCUT2D eigenvalue weighted by Gasteiger charge is -2.26. The third kappa shape index (κ3) is 6.09. The summed E-state index contributed by atoms with van der Waals surface area (Å²) in [5, 5.41) is 1.39. The number of hydrogen-bond donors (Lipinski definition) is 0. The highest BCUT2D eigenvalue weighted by molar-refractivity contribution is 6.00. The minimum atomic E-state index is 0.611. The standard InChI is InChI=1S/C49H49N/c1-5-6-7-8-13-36-19-23-38(24-20-36)39-26-28-49-47(30-39)46-29-34(3)12-11-16-48(46)50(49)41-27-25-40-31-44(35(4)37-21-17-33(2)18-22-37)42-14-9-10-15-43(42)45(40)32-41/h9-11,14-28,30,32,34H,5-8,12-13,29,31H2,1-4H3/b44-35+. The molecule has 0 aliphatic heterocycles.